The fourth-order valence-corrected chi connectivity index (χ4v) is 2.71. The van der Waals surface area contributed by atoms with Gasteiger partial charge in [0.05, 0.1) is 18.0 Å². The number of aryl methyl sites for hydroxylation is 1. The Morgan fingerprint density at radius 1 is 1.09 bits per heavy atom. The lowest BCUT2D eigenvalue weighted by Crippen LogP contribution is -2.28. The maximum Gasteiger partial charge on any atom is 0.224 e. The van der Waals surface area contributed by atoms with Gasteiger partial charge in [0.15, 0.2) is 0 Å². The number of amides is 1. The molecular formula is C20H20N2O. The van der Waals surface area contributed by atoms with E-state index in [0.717, 1.165) is 22.0 Å². The third-order valence-corrected chi connectivity index (χ3v) is 4.02. The Labute approximate surface area is 136 Å². The van der Waals surface area contributed by atoms with E-state index in [4.69, 9.17) is 0 Å². The van der Waals surface area contributed by atoms with Crippen LogP contribution in [0.15, 0.2) is 60.8 Å². The van der Waals surface area contributed by atoms with Crippen LogP contribution in [0.25, 0.3) is 10.9 Å². The molecule has 3 rings (SSSR count). The topological polar surface area (TPSA) is 42.0 Å². The van der Waals surface area contributed by atoms with E-state index in [0.29, 0.717) is 6.42 Å². The molecule has 3 nitrogen and oxygen atoms in total. The molecule has 0 spiro atoms. The average molecular weight is 304 g/mol. The van der Waals surface area contributed by atoms with Gasteiger partial charge in [-0.3, -0.25) is 9.78 Å². The normalized spacial score (nSPS) is 12.1. The largest absolute Gasteiger partial charge is 0.349 e. The minimum Gasteiger partial charge on any atom is -0.349 e. The molecule has 3 heteroatoms. The van der Waals surface area contributed by atoms with Gasteiger partial charge < -0.3 is 5.32 Å². The van der Waals surface area contributed by atoms with Gasteiger partial charge in [-0.05, 0) is 31.0 Å². The highest BCUT2D eigenvalue weighted by Gasteiger charge is 2.12. The Morgan fingerprint density at radius 2 is 1.83 bits per heavy atom. The molecule has 0 aliphatic carbocycles. The number of nitrogens with one attached hydrogen (secondary N) is 1. The number of para-hydroxylation sites is 1. The molecule has 0 radical (unpaired) electrons. The molecule has 0 aliphatic heterocycles. The summed E-state index contributed by atoms with van der Waals surface area (Å²) in [4.78, 5) is 16.8. The van der Waals surface area contributed by atoms with Crippen LogP contribution >= 0.6 is 0 Å². The van der Waals surface area contributed by atoms with Gasteiger partial charge in [0.2, 0.25) is 5.91 Å². The number of hydrogen-bond donors (Lipinski definition) is 1. The van der Waals surface area contributed by atoms with E-state index in [1.807, 2.05) is 37.3 Å². The van der Waals surface area contributed by atoms with Crippen molar-refractivity contribution in [3.05, 3.63) is 77.5 Å². The highest BCUT2D eigenvalue weighted by molar-refractivity contribution is 5.87. The Balaban J connectivity index is 1.72. The van der Waals surface area contributed by atoms with Crippen molar-refractivity contribution >= 4 is 16.8 Å². The smallest absolute Gasteiger partial charge is 0.224 e. The molecule has 1 amide bonds. The summed E-state index contributed by atoms with van der Waals surface area (Å²) in [5.74, 6) is 0.0104. The lowest BCUT2D eigenvalue weighted by Gasteiger charge is -2.15. The molecular weight excluding hydrogens is 284 g/mol. The van der Waals surface area contributed by atoms with Gasteiger partial charge in [-0.1, -0.05) is 54.1 Å². The summed E-state index contributed by atoms with van der Waals surface area (Å²) in [5, 5.41) is 4.12. The highest BCUT2D eigenvalue weighted by Crippen LogP contribution is 2.17. The van der Waals surface area contributed by atoms with E-state index < -0.39 is 0 Å². The van der Waals surface area contributed by atoms with Crippen LogP contribution in [0, 0.1) is 6.92 Å². The third kappa shape index (κ3) is 3.57. The van der Waals surface area contributed by atoms with Crippen molar-refractivity contribution < 1.29 is 4.79 Å². The number of aromatic nitrogens is 1. The van der Waals surface area contributed by atoms with Gasteiger partial charge in [0, 0.05) is 11.6 Å². The molecule has 1 heterocycles. The van der Waals surface area contributed by atoms with Crippen molar-refractivity contribution in [2.24, 2.45) is 0 Å². The number of nitrogens with zero attached hydrogens (tertiary/aromatic N) is 1. The minimum atomic E-state index is -0.00830. The number of carbonyl (C=O) groups is 1. The third-order valence-electron chi connectivity index (χ3n) is 4.02. The number of pyridine rings is 1. The van der Waals surface area contributed by atoms with Gasteiger partial charge in [-0.15, -0.1) is 0 Å². The number of benzene rings is 2. The number of fused-ring (bicyclic) bond motifs is 1. The molecule has 3 aromatic rings. The summed E-state index contributed by atoms with van der Waals surface area (Å²) in [6.45, 7) is 4.06. The molecule has 1 N–H and O–H groups in total. The first-order valence-electron chi connectivity index (χ1n) is 7.82. The van der Waals surface area contributed by atoms with Gasteiger partial charge in [-0.2, -0.15) is 0 Å². The van der Waals surface area contributed by atoms with E-state index in [1.54, 1.807) is 6.20 Å². The molecule has 1 unspecified atom stereocenters. The van der Waals surface area contributed by atoms with E-state index in [9.17, 15) is 4.79 Å². The average Bonchev–Trinajstić information content (AvgIpc) is 2.55. The van der Waals surface area contributed by atoms with Gasteiger partial charge in [0.25, 0.3) is 0 Å². The first kappa shape index (κ1) is 15.2. The van der Waals surface area contributed by atoms with Crippen LogP contribution in [0.4, 0.5) is 0 Å². The fourth-order valence-electron chi connectivity index (χ4n) is 2.71. The predicted octanol–water partition coefficient (Wildman–Crippen LogP) is 3.96. The summed E-state index contributed by atoms with van der Waals surface area (Å²) in [5.41, 5.74) is 4.18. The molecule has 1 aromatic heterocycles. The zero-order chi connectivity index (χ0) is 16.2. The van der Waals surface area contributed by atoms with Crippen molar-refractivity contribution in [2.75, 3.05) is 0 Å². The molecule has 23 heavy (non-hydrogen) atoms. The second-order valence-corrected chi connectivity index (χ2v) is 5.87. The van der Waals surface area contributed by atoms with Gasteiger partial charge >= 0.3 is 0 Å². The molecule has 2 aromatic carbocycles. The van der Waals surface area contributed by atoms with Gasteiger partial charge in [0.1, 0.15) is 0 Å². The van der Waals surface area contributed by atoms with Crippen molar-refractivity contribution in [2.45, 2.75) is 26.3 Å². The number of rotatable bonds is 4. The van der Waals surface area contributed by atoms with Crippen LogP contribution in [-0.4, -0.2) is 10.9 Å². The Kier molecular flexibility index (Phi) is 4.38. The second kappa shape index (κ2) is 6.61. The monoisotopic (exact) mass is 304 g/mol. The van der Waals surface area contributed by atoms with Gasteiger partial charge in [-0.25, -0.2) is 0 Å². The fraction of sp³-hybridized carbons (Fsp3) is 0.200. The maximum atomic E-state index is 12.4. The first-order valence-corrected chi connectivity index (χ1v) is 7.82. The zero-order valence-corrected chi connectivity index (χ0v) is 13.4. The summed E-state index contributed by atoms with van der Waals surface area (Å²) in [6.07, 6.45) is 2.10. The van der Waals surface area contributed by atoms with E-state index in [2.05, 4.69) is 41.5 Å². The van der Waals surface area contributed by atoms with Crippen molar-refractivity contribution in [1.82, 2.24) is 10.3 Å². The lowest BCUT2D eigenvalue weighted by molar-refractivity contribution is -0.121. The first-order chi connectivity index (χ1) is 11.1. The maximum absolute atomic E-state index is 12.4. The lowest BCUT2D eigenvalue weighted by atomic mass is 10.0. The second-order valence-electron chi connectivity index (χ2n) is 5.87. The predicted molar refractivity (Wildman–Crippen MR) is 93.2 cm³/mol. The summed E-state index contributed by atoms with van der Waals surface area (Å²) in [7, 11) is 0. The van der Waals surface area contributed by atoms with E-state index in [1.165, 1.54) is 5.56 Å². The van der Waals surface area contributed by atoms with Crippen LogP contribution in [0.5, 0.6) is 0 Å². The highest BCUT2D eigenvalue weighted by atomic mass is 16.1. The van der Waals surface area contributed by atoms with Crippen LogP contribution in [0.2, 0.25) is 0 Å². The van der Waals surface area contributed by atoms with Crippen LogP contribution in [0.3, 0.4) is 0 Å². The van der Waals surface area contributed by atoms with Crippen LogP contribution in [0.1, 0.15) is 29.7 Å². The van der Waals surface area contributed by atoms with Crippen LogP contribution < -0.4 is 5.32 Å². The molecule has 0 aliphatic rings. The summed E-state index contributed by atoms with van der Waals surface area (Å²) < 4.78 is 0. The molecule has 1 atom stereocenters. The van der Waals surface area contributed by atoms with E-state index in [-0.39, 0.29) is 11.9 Å². The van der Waals surface area contributed by atoms with Crippen molar-refractivity contribution in [3.63, 3.8) is 0 Å². The number of carbonyl (C=O) groups excluding carboxylic acids is 1. The minimum absolute atomic E-state index is 0.00830. The Hall–Kier alpha value is -2.68. The quantitative estimate of drug-likeness (QED) is 0.792. The number of hydrogen-bond acceptors (Lipinski definition) is 2. The Morgan fingerprint density at radius 3 is 2.61 bits per heavy atom. The molecule has 0 saturated heterocycles. The van der Waals surface area contributed by atoms with Crippen molar-refractivity contribution in [3.8, 4) is 0 Å². The standard InChI is InChI=1S/C20H20N2O/c1-14-8-10-16(11-9-14)15(2)22-19(23)13-18-6-3-5-17-7-4-12-21-20(17)18/h3-12,15H,13H2,1-2H3,(H,22,23). The zero-order valence-electron chi connectivity index (χ0n) is 13.4. The van der Waals surface area contributed by atoms with E-state index >= 15 is 0 Å². The summed E-state index contributed by atoms with van der Waals surface area (Å²) >= 11 is 0. The van der Waals surface area contributed by atoms with Crippen LogP contribution in [-0.2, 0) is 11.2 Å². The Bertz CT molecular complexity index is 819. The molecule has 0 fully saturated rings. The SMILES string of the molecule is Cc1ccc(C(C)NC(=O)Cc2cccc3cccnc23)cc1. The van der Waals surface area contributed by atoms with Crippen molar-refractivity contribution in [1.29, 1.82) is 0 Å². The molecule has 0 saturated carbocycles. The molecule has 0 bridgehead atoms. The summed E-state index contributed by atoms with van der Waals surface area (Å²) in [6, 6.07) is 18.1. The molecule has 116 valence electrons.